The molecule has 2 amide bonds. The highest BCUT2D eigenvalue weighted by molar-refractivity contribution is 5.93. The molecule has 0 atom stereocenters. The number of anilines is 1. The maximum atomic E-state index is 12.9. The van der Waals surface area contributed by atoms with Gasteiger partial charge in [-0.2, -0.15) is 0 Å². The van der Waals surface area contributed by atoms with Crippen LogP contribution in [0.5, 0.6) is 0 Å². The third kappa shape index (κ3) is 4.70. The van der Waals surface area contributed by atoms with Gasteiger partial charge in [0.2, 0.25) is 0 Å². The van der Waals surface area contributed by atoms with E-state index in [-0.39, 0.29) is 12.0 Å². The van der Waals surface area contributed by atoms with Crippen molar-refractivity contribution in [3.63, 3.8) is 0 Å². The van der Waals surface area contributed by atoms with Crippen LogP contribution in [0.4, 0.5) is 10.6 Å². The average molecular weight is 390 g/mol. The van der Waals surface area contributed by atoms with E-state index >= 15 is 0 Å². The van der Waals surface area contributed by atoms with Gasteiger partial charge in [-0.25, -0.2) is 14.8 Å². The van der Waals surface area contributed by atoms with Gasteiger partial charge < -0.3 is 24.3 Å². The minimum Gasteiger partial charge on any atom is -0.450 e. The Labute approximate surface area is 166 Å². The molecule has 0 aliphatic carbocycles. The fourth-order valence-electron chi connectivity index (χ4n) is 3.59. The Kier molecular flexibility index (Phi) is 6.66. The number of carbonyl (C=O) groups excluding carboxylic acids is 2. The number of piperazine rings is 2. The molecule has 0 saturated carbocycles. The van der Waals surface area contributed by atoms with Gasteiger partial charge in [0.05, 0.1) is 6.61 Å². The third-order valence-corrected chi connectivity index (χ3v) is 5.28. The summed E-state index contributed by atoms with van der Waals surface area (Å²) in [7, 11) is 0. The van der Waals surface area contributed by atoms with E-state index in [0.29, 0.717) is 44.3 Å². The molecule has 0 aromatic carbocycles. The Hall–Kier alpha value is -2.42. The summed E-state index contributed by atoms with van der Waals surface area (Å²) in [5, 5.41) is 0. The van der Waals surface area contributed by atoms with Crippen LogP contribution in [0.3, 0.4) is 0 Å². The molecule has 0 bridgehead atoms. The van der Waals surface area contributed by atoms with E-state index in [9.17, 15) is 9.59 Å². The van der Waals surface area contributed by atoms with Crippen LogP contribution in [-0.4, -0.2) is 102 Å². The second-order valence-corrected chi connectivity index (χ2v) is 7.06. The summed E-state index contributed by atoms with van der Waals surface area (Å²) in [6.07, 6.45) is -0.275. The molecule has 2 aliphatic rings. The number of carbonyl (C=O) groups is 2. The van der Waals surface area contributed by atoms with Gasteiger partial charge in [-0.15, -0.1) is 0 Å². The third-order valence-electron chi connectivity index (χ3n) is 5.28. The molecule has 3 heterocycles. The number of ether oxygens (including phenoxy) is 1. The first-order valence-corrected chi connectivity index (χ1v) is 10.1. The van der Waals surface area contributed by atoms with E-state index in [0.717, 1.165) is 38.5 Å². The van der Waals surface area contributed by atoms with Crippen molar-refractivity contribution in [2.75, 3.05) is 70.4 Å². The zero-order valence-corrected chi connectivity index (χ0v) is 17.1. The van der Waals surface area contributed by atoms with Crippen molar-refractivity contribution in [1.29, 1.82) is 0 Å². The molecule has 9 nitrogen and oxygen atoms in total. The van der Waals surface area contributed by atoms with E-state index in [1.807, 2.05) is 11.8 Å². The molecule has 1 aromatic rings. The van der Waals surface area contributed by atoms with Crippen LogP contribution in [0, 0.1) is 6.92 Å². The van der Waals surface area contributed by atoms with Gasteiger partial charge in [0, 0.05) is 58.4 Å². The van der Waals surface area contributed by atoms with E-state index in [2.05, 4.69) is 26.7 Å². The fourth-order valence-corrected chi connectivity index (χ4v) is 3.59. The second-order valence-electron chi connectivity index (χ2n) is 7.06. The molecule has 0 radical (unpaired) electrons. The molecule has 2 fully saturated rings. The summed E-state index contributed by atoms with van der Waals surface area (Å²) < 4.78 is 5.06. The van der Waals surface area contributed by atoms with Gasteiger partial charge in [-0.05, 0) is 20.4 Å². The number of nitrogens with zero attached hydrogens (tertiary/aromatic N) is 6. The zero-order chi connectivity index (χ0) is 20.1. The number of hydrogen-bond acceptors (Lipinski definition) is 7. The van der Waals surface area contributed by atoms with Crippen LogP contribution >= 0.6 is 0 Å². The summed E-state index contributed by atoms with van der Waals surface area (Å²) in [5.41, 5.74) is 0.445. The summed E-state index contributed by atoms with van der Waals surface area (Å²) in [6.45, 7) is 12.8. The lowest BCUT2D eigenvalue weighted by Crippen LogP contribution is -2.49. The smallest absolute Gasteiger partial charge is 0.409 e. The Balaban J connectivity index is 1.65. The second kappa shape index (κ2) is 9.18. The number of likely N-dealkylation sites (N-methyl/N-ethyl adjacent to an activating group) is 1. The Morgan fingerprint density at radius 3 is 2.21 bits per heavy atom. The minimum absolute atomic E-state index is 0.0346. The predicted octanol–water partition coefficient (Wildman–Crippen LogP) is 0.841. The number of amides is 2. The van der Waals surface area contributed by atoms with Gasteiger partial charge in [0.1, 0.15) is 17.3 Å². The van der Waals surface area contributed by atoms with Crippen LogP contribution in [-0.2, 0) is 4.74 Å². The molecule has 0 unspecified atom stereocenters. The Morgan fingerprint density at radius 1 is 0.964 bits per heavy atom. The minimum atomic E-state index is -0.275. The van der Waals surface area contributed by atoms with Gasteiger partial charge >= 0.3 is 6.09 Å². The van der Waals surface area contributed by atoms with Gasteiger partial charge in [-0.1, -0.05) is 6.92 Å². The van der Waals surface area contributed by atoms with Crippen molar-refractivity contribution < 1.29 is 14.3 Å². The molecule has 9 heteroatoms. The molecule has 2 saturated heterocycles. The van der Waals surface area contributed by atoms with E-state index in [1.165, 1.54) is 0 Å². The van der Waals surface area contributed by atoms with Gasteiger partial charge in [0.25, 0.3) is 5.91 Å². The van der Waals surface area contributed by atoms with E-state index < -0.39 is 0 Å². The van der Waals surface area contributed by atoms with Crippen molar-refractivity contribution in [3.05, 3.63) is 17.6 Å². The first-order chi connectivity index (χ1) is 13.5. The topological polar surface area (TPSA) is 82.1 Å². The molecular weight excluding hydrogens is 360 g/mol. The van der Waals surface area contributed by atoms with Crippen molar-refractivity contribution in [1.82, 2.24) is 24.7 Å². The fraction of sp³-hybridized carbons (Fsp3) is 0.684. The summed E-state index contributed by atoms with van der Waals surface area (Å²) in [6, 6.07) is 1.78. The number of aromatic nitrogens is 2. The van der Waals surface area contributed by atoms with Crippen molar-refractivity contribution in [3.8, 4) is 0 Å². The lowest BCUT2D eigenvalue weighted by molar-refractivity contribution is 0.0637. The normalized spacial score (nSPS) is 18.3. The zero-order valence-electron chi connectivity index (χ0n) is 17.1. The van der Waals surface area contributed by atoms with Crippen molar-refractivity contribution in [2.24, 2.45) is 0 Å². The molecule has 3 rings (SSSR count). The van der Waals surface area contributed by atoms with Crippen LogP contribution < -0.4 is 4.90 Å². The maximum absolute atomic E-state index is 12.9. The maximum Gasteiger partial charge on any atom is 0.409 e. The average Bonchev–Trinajstić information content (AvgIpc) is 2.73. The molecule has 2 aliphatic heterocycles. The van der Waals surface area contributed by atoms with Crippen molar-refractivity contribution in [2.45, 2.75) is 20.8 Å². The number of rotatable bonds is 4. The van der Waals surface area contributed by atoms with E-state index in [1.54, 1.807) is 17.9 Å². The standard InChI is InChI=1S/C19H30N6O3/c1-4-22-6-8-24(9-7-22)18(26)16-14-17(21-15(3)20-16)23-10-12-25(13-11-23)19(27)28-5-2/h14H,4-13H2,1-3H3. The quantitative estimate of drug-likeness (QED) is 0.753. The highest BCUT2D eigenvalue weighted by Crippen LogP contribution is 2.17. The van der Waals surface area contributed by atoms with Crippen LogP contribution in [0.15, 0.2) is 6.07 Å². The van der Waals surface area contributed by atoms with Crippen LogP contribution in [0.2, 0.25) is 0 Å². The Bertz CT molecular complexity index is 697. The van der Waals surface area contributed by atoms with Crippen LogP contribution in [0.25, 0.3) is 0 Å². The first kappa shape index (κ1) is 20.3. The predicted molar refractivity (Wildman–Crippen MR) is 106 cm³/mol. The first-order valence-electron chi connectivity index (χ1n) is 10.1. The molecule has 154 valence electrons. The van der Waals surface area contributed by atoms with Gasteiger partial charge in [0.15, 0.2) is 0 Å². The molecule has 1 aromatic heterocycles. The number of hydrogen-bond donors (Lipinski definition) is 0. The summed E-state index contributed by atoms with van der Waals surface area (Å²) in [5.74, 6) is 1.29. The highest BCUT2D eigenvalue weighted by atomic mass is 16.6. The lowest BCUT2D eigenvalue weighted by Gasteiger charge is -2.35. The monoisotopic (exact) mass is 390 g/mol. The lowest BCUT2D eigenvalue weighted by atomic mass is 10.2. The highest BCUT2D eigenvalue weighted by Gasteiger charge is 2.26. The summed E-state index contributed by atoms with van der Waals surface area (Å²) in [4.78, 5) is 41.7. The SMILES string of the molecule is CCOC(=O)N1CCN(c2cc(C(=O)N3CCN(CC)CC3)nc(C)n2)CC1. The van der Waals surface area contributed by atoms with E-state index in [4.69, 9.17) is 4.74 Å². The number of aryl methyl sites for hydroxylation is 1. The Morgan fingerprint density at radius 2 is 1.61 bits per heavy atom. The summed E-state index contributed by atoms with van der Waals surface area (Å²) >= 11 is 0. The molecular formula is C19H30N6O3. The molecule has 28 heavy (non-hydrogen) atoms. The molecule has 0 spiro atoms. The largest absolute Gasteiger partial charge is 0.450 e. The van der Waals surface area contributed by atoms with Crippen molar-refractivity contribution >= 4 is 17.8 Å². The van der Waals surface area contributed by atoms with Crippen LogP contribution in [0.1, 0.15) is 30.2 Å². The molecule has 0 N–H and O–H groups in total. The van der Waals surface area contributed by atoms with Gasteiger partial charge in [-0.3, -0.25) is 4.79 Å².